The van der Waals surface area contributed by atoms with Crippen LogP contribution in [0.3, 0.4) is 0 Å². The molecule has 0 amide bonds. The zero-order valence-electron chi connectivity index (χ0n) is 7.10. The highest BCUT2D eigenvalue weighted by Gasteiger charge is 2.19. The molecule has 0 aromatic heterocycles. The van der Waals surface area contributed by atoms with Gasteiger partial charge in [-0.3, -0.25) is 0 Å². The molecule has 2 rings (SSSR count). The van der Waals surface area contributed by atoms with Gasteiger partial charge < -0.3 is 10.6 Å². The van der Waals surface area contributed by atoms with Crippen molar-refractivity contribution in [3.63, 3.8) is 0 Å². The van der Waals surface area contributed by atoms with E-state index < -0.39 is 0 Å². The van der Waals surface area contributed by atoms with Gasteiger partial charge in [-0.1, -0.05) is 6.42 Å². The van der Waals surface area contributed by atoms with E-state index in [2.05, 4.69) is 10.6 Å². The van der Waals surface area contributed by atoms with Crippen molar-refractivity contribution < 1.29 is 0 Å². The minimum absolute atomic E-state index is 0.774. The highest BCUT2D eigenvalue weighted by atomic mass is 15.0. The monoisotopic (exact) mass is 154 g/mol. The molecule has 0 aromatic rings. The van der Waals surface area contributed by atoms with Crippen molar-refractivity contribution >= 4 is 0 Å². The Balaban J connectivity index is 1.57. The lowest BCUT2D eigenvalue weighted by atomic mass is 9.93. The van der Waals surface area contributed by atoms with E-state index in [0.29, 0.717) is 0 Å². The second-order valence-corrected chi connectivity index (χ2v) is 3.83. The predicted molar refractivity (Wildman–Crippen MR) is 46.7 cm³/mol. The average molecular weight is 154 g/mol. The van der Waals surface area contributed by atoms with E-state index in [-0.39, 0.29) is 0 Å². The molecule has 1 aliphatic heterocycles. The molecule has 0 radical (unpaired) electrons. The van der Waals surface area contributed by atoms with Gasteiger partial charge in [0.25, 0.3) is 0 Å². The Morgan fingerprint density at radius 2 is 2.09 bits per heavy atom. The lowest BCUT2D eigenvalue weighted by Crippen LogP contribution is -2.42. The van der Waals surface area contributed by atoms with Crippen LogP contribution < -0.4 is 10.6 Å². The van der Waals surface area contributed by atoms with Crippen LogP contribution in [0, 0.1) is 0 Å². The van der Waals surface area contributed by atoms with Gasteiger partial charge >= 0.3 is 0 Å². The Morgan fingerprint density at radius 1 is 1.18 bits per heavy atom. The maximum atomic E-state index is 3.60. The summed E-state index contributed by atoms with van der Waals surface area (Å²) in [5.74, 6) is 0. The molecule has 1 saturated carbocycles. The first-order chi connectivity index (χ1) is 5.45. The molecule has 1 aliphatic carbocycles. The summed E-state index contributed by atoms with van der Waals surface area (Å²) in [5, 5.41) is 7.10. The Kier molecular flexibility index (Phi) is 2.44. The summed E-state index contributed by atoms with van der Waals surface area (Å²) in [5.41, 5.74) is 0. The third-order valence-electron chi connectivity index (χ3n) is 2.92. The van der Waals surface area contributed by atoms with Crippen molar-refractivity contribution in [2.45, 2.75) is 44.2 Å². The third-order valence-corrected chi connectivity index (χ3v) is 2.92. The van der Waals surface area contributed by atoms with Crippen molar-refractivity contribution in [3.8, 4) is 0 Å². The maximum absolute atomic E-state index is 3.60. The summed E-state index contributed by atoms with van der Waals surface area (Å²) >= 11 is 0. The van der Waals surface area contributed by atoms with Gasteiger partial charge in [-0.2, -0.15) is 0 Å². The van der Waals surface area contributed by atoms with E-state index >= 15 is 0 Å². The summed E-state index contributed by atoms with van der Waals surface area (Å²) in [6.07, 6.45) is 7.01. The van der Waals surface area contributed by atoms with Gasteiger partial charge in [0.1, 0.15) is 0 Å². The zero-order chi connectivity index (χ0) is 7.52. The highest BCUT2D eigenvalue weighted by Crippen LogP contribution is 2.18. The normalized spacial score (nSPS) is 32.2. The molecule has 11 heavy (non-hydrogen) atoms. The first kappa shape index (κ1) is 7.56. The van der Waals surface area contributed by atoms with Gasteiger partial charge in [0.2, 0.25) is 0 Å². The van der Waals surface area contributed by atoms with E-state index in [1.807, 2.05) is 0 Å². The first-order valence-electron chi connectivity index (χ1n) is 4.92. The number of nitrogens with one attached hydrogen (secondary N) is 2. The van der Waals surface area contributed by atoms with Gasteiger partial charge in [-0.05, 0) is 32.2 Å². The third kappa shape index (κ3) is 1.94. The molecule has 2 fully saturated rings. The fraction of sp³-hybridized carbons (Fsp3) is 1.00. The second kappa shape index (κ2) is 3.55. The van der Waals surface area contributed by atoms with Crippen LogP contribution in [-0.2, 0) is 0 Å². The topological polar surface area (TPSA) is 24.1 Å². The lowest BCUT2D eigenvalue weighted by Gasteiger charge is -2.27. The summed E-state index contributed by atoms with van der Waals surface area (Å²) in [6, 6.07) is 1.63. The molecule has 1 saturated heterocycles. The number of hydrogen-bond acceptors (Lipinski definition) is 2. The fourth-order valence-corrected chi connectivity index (χ4v) is 1.85. The molecule has 2 nitrogen and oxygen atoms in total. The number of rotatable bonds is 3. The van der Waals surface area contributed by atoms with Gasteiger partial charge in [-0.15, -0.1) is 0 Å². The summed E-state index contributed by atoms with van der Waals surface area (Å²) in [6.45, 7) is 2.43. The Morgan fingerprint density at radius 3 is 2.64 bits per heavy atom. The van der Waals surface area contributed by atoms with Crippen molar-refractivity contribution in [3.05, 3.63) is 0 Å². The highest BCUT2D eigenvalue weighted by molar-refractivity contribution is 4.81. The van der Waals surface area contributed by atoms with Crippen LogP contribution in [0.25, 0.3) is 0 Å². The second-order valence-electron chi connectivity index (χ2n) is 3.83. The van der Waals surface area contributed by atoms with E-state index in [9.17, 15) is 0 Å². The van der Waals surface area contributed by atoms with Gasteiger partial charge in [0.05, 0.1) is 0 Å². The van der Waals surface area contributed by atoms with Crippen LogP contribution in [0.4, 0.5) is 0 Å². The minimum Gasteiger partial charge on any atom is -0.313 e. The Labute approximate surface area is 68.7 Å². The molecule has 0 spiro atoms. The van der Waals surface area contributed by atoms with Gasteiger partial charge in [-0.25, -0.2) is 0 Å². The largest absolute Gasteiger partial charge is 0.313 e. The van der Waals surface area contributed by atoms with Gasteiger partial charge in [0.15, 0.2) is 0 Å². The molecule has 0 bridgehead atoms. The predicted octanol–water partition coefficient (Wildman–Crippen LogP) is 0.880. The van der Waals surface area contributed by atoms with Crippen molar-refractivity contribution in [2.75, 3.05) is 13.1 Å². The first-order valence-corrected chi connectivity index (χ1v) is 4.92. The summed E-state index contributed by atoms with van der Waals surface area (Å²) in [4.78, 5) is 0. The Bertz CT molecular complexity index is 115. The van der Waals surface area contributed by atoms with Crippen LogP contribution in [-0.4, -0.2) is 25.2 Å². The Hall–Kier alpha value is -0.0800. The van der Waals surface area contributed by atoms with Crippen LogP contribution >= 0.6 is 0 Å². The van der Waals surface area contributed by atoms with Crippen LogP contribution in [0.5, 0.6) is 0 Å². The molecule has 1 heterocycles. The van der Waals surface area contributed by atoms with Crippen molar-refractivity contribution in [1.82, 2.24) is 10.6 Å². The SMILES string of the molecule is C1CC(NC[C@@H]2CCCN2)C1. The minimum atomic E-state index is 0.774. The summed E-state index contributed by atoms with van der Waals surface area (Å²) in [7, 11) is 0. The van der Waals surface area contributed by atoms with Gasteiger partial charge in [0, 0.05) is 18.6 Å². The summed E-state index contributed by atoms with van der Waals surface area (Å²) < 4.78 is 0. The smallest absolute Gasteiger partial charge is 0.0193 e. The number of hydrogen-bond donors (Lipinski definition) is 2. The van der Waals surface area contributed by atoms with E-state index in [0.717, 1.165) is 12.1 Å². The quantitative estimate of drug-likeness (QED) is 0.630. The zero-order valence-corrected chi connectivity index (χ0v) is 7.10. The fourth-order valence-electron chi connectivity index (χ4n) is 1.85. The average Bonchev–Trinajstić information content (AvgIpc) is 2.36. The van der Waals surface area contributed by atoms with Crippen LogP contribution in [0.2, 0.25) is 0 Å². The molecule has 1 atom stereocenters. The molecular weight excluding hydrogens is 136 g/mol. The van der Waals surface area contributed by atoms with Crippen molar-refractivity contribution in [1.29, 1.82) is 0 Å². The molecule has 64 valence electrons. The molecule has 2 aliphatic rings. The maximum Gasteiger partial charge on any atom is 0.0193 e. The molecule has 0 unspecified atom stereocenters. The van der Waals surface area contributed by atoms with E-state index in [1.165, 1.54) is 45.2 Å². The van der Waals surface area contributed by atoms with Crippen LogP contribution in [0.15, 0.2) is 0 Å². The van der Waals surface area contributed by atoms with E-state index in [1.54, 1.807) is 0 Å². The van der Waals surface area contributed by atoms with E-state index in [4.69, 9.17) is 0 Å². The van der Waals surface area contributed by atoms with Crippen molar-refractivity contribution in [2.24, 2.45) is 0 Å². The molecular formula is C9H18N2. The van der Waals surface area contributed by atoms with Crippen LogP contribution in [0.1, 0.15) is 32.1 Å². The standard InChI is InChI=1S/C9H18N2/c1-3-8(4-1)11-7-9-5-2-6-10-9/h8-11H,1-7H2/t9-/m0/s1. The molecule has 0 aromatic carbocycles. The lowest BCUT2D eigenvalue weighted by molar-refractivity contribution is 0.327. The molecule has 2 heteroatoms. The molecule has 2 N–H and O–H groups in total.